The van der Waals surface area contributed by atoms with E-state index in [1.54, 1.807) is 24.3 Å². The standard InChI is InChI=1S/C16H14F2N2O3/c1-10(21)11-5-7-12(8-6-11)19-16(22)20-13-3-2-4-14(9-13)23-15(17)18/h2-9,15H,1H3,(H2,19,20,22). The highest BCUT2D eigenvalue weighted by Crippen LogP contribution is 2.19. The molecule has 0 saturated heterocycles. The van der Waals surface area contributed by atoms with Crippen molar-refractivity contribution in [2.24, 2.45) is 0 Å². The van der Waals surface area contributed by atoms with Crippen LogP contribution in [0.3, 0.4) is 0 Å². The minimum absolute atomic E-state index is 0.0522. The minimum Gasteiger partial charge on any atom is -0.435 e. The quantitative estimate of drug-likeness (QED) is 0.814. The number of carbonyl (C=O) groups is 2. The molecule has 23 heavy (non-hydrogen) atoms. The van der Waals surface area contributed by atoms with Gasteiger partial charge in [-0.05, 0) is 43.3 Å². The van der Waals surface area contributed by atoms with Crippen molar-refractivity contribution in [3.63, 3.8) is 0 Å². The van der Waals surface area contributed by atoms with Crippen LogP contribution in [0.5, 0.6) is 5.75 Å². The topological polar surface area (TPSA) is 67.4 Å². The molecule has 2 aromatic rings. The number of hydrogen-bond donors (Lipinski definition) is 2. The summed E-state index contributed by atoms with van der Waals surface area (Å²) in [7, 11) is 0. The smallest absolute Gasteiger partial charge is 0.387 e. The van der Waals surface area contributed by atoms with Crippen LogP contribution in [-0.4, -0.2) is 18.4 Å². The third-order valence-corrected chi connectivity index (χ3v) is 2.87. The van der Waals surface area contributed by atoms with Crippen molar-refractivity contribution < 1.29 is 23.1 Å². The molecule has 0 atom stereocenters. The van der Waals surface area contributed by atoms with Crippen molar-refractivity contribution in [3.8, 4) is 5.75 Å². The third kappa shape index (κ3) is 5.06. The van der Waals surface area contributed by atoms with Gasteiger partial charge in [-0.25, -0.2) is 4.79 Å². The van der Waals surface area contributed by atoms with E-state index in [4.69, 9.17) is 0 Å². The number of anilines is 2. The van der Waals surface area contributed by atoms with Crippen LogP contribution in [0, 0.1) is 0 Å². The van der Waals surface area contributed by atoms with Crippen molar-refractivity contribution in [3.05, 3.63) is 54.1 Å². The van der Waals surface area contributed by atoms with E-state index >= 15 is 0 Å². The lowest BCUT2D eigenvalue weighted by atomic mass is 10.1. The zero-order chi connectivity index (χ0) is 16.8. The van der Waals surface area contributed by atoms with Crippen molar-refractivity contribution in [2.75, 3.05) is 10.6 Å². The molecule has 2 rings (SSSR count). The van der Waals surface area contributed by atoms with Crippen LogP contribution in [0.25, 0.3) is 0 Å². The molecule has 0 fully saturated rings. The lowest BCUT2D eigenvalue weighted by molar-refractivity contribution is -0.0498. The zero-order valence-corrected chi connectivity index (χ0v) is 12.2. The largest absolute Gasteiger partial charge is 0.435 e. The molecule has 0 aliphatic rings. The second kappa shape index (κ2) is 7.35. The Bertz CT molecular complexity index is 703. The van der Waals surface area contributed by atoms with E-state index in [0.717, 1.165) is 0 Å². The van der Waals surface area contributed by atoms with Gasteiger partial charge in [-0.15, -0.1) is 0 Å². The number of nitrogens with one attached hydrogen (secondary N) is 2. The Balaban J connectivity index is 1.97. The Kier molecular flexibility index (Phi) is 5.24. The summed E-state index contributed by atoms with van der Waals surface area (Å²) >= 11 is 0. The molecule has 0 heterocycles. The SMILES string of the molecule is CC(=O)c1ccc(NC(=O)Nc2cccc(OC(F)F)c2)cc1. The monoisotopic (exact) mass is 320 g/mol. The third-order valence-electron chi connectivity index (χ3n) is 2.87. The fourth-order valence-corrected chi connectivity index (χ4v) is 1.83. The summed E-state index contributed by atoms with van der Waals surface area (Å²) in [5.41, 5.74) is 1.33. The fraction of sp³-hybridized carbons (Fsp3) is 0.125. The van der Waals surface area contributed by atoms with E-state index in [1.165, 1.54) is 31.2 Å². The molecular formula is C16H14F2N2O3. The maximum atomic E-state index is 12.1. The molecule has 0 radical (unpaired) electrons. The molecule has 0 aliphatic heterocycles. The molecule has 2 amide bonds. The van der Waals surface area contributed by atoms with Crippen molar-refractivity contribution in [1.82, 2.24) is 0 Å². The summed E-state index contributed by atoms with van der Waals surface area (Å²) in [6.07, 6.45) is 0. The molecule has 120 valence electrons. The van der Waals surface area contributed by atoms with E-state index in [1.807, 2.05) is 0 Å². The fourth-order valence-electron chi connectivity index (χ4n) is 1.83. The number of carbonyl (C=O) groups excluding carboxylic acids is 2. The Morgan fingerprint density at radius 1 is 1.00 bits per heavy atom. The summed E-state index contributed by atoms with van der Waals surface area (Å²) in [5.74, 6) is -0.125. The second-order valence-electron chi connectivity index (χ2n) is 4.62. The first-order valence-electron chi connectivity index (χ1n) is 6.68. The lowest BCUT2D eigenvalue weighted by Gasteiger charge is -2.10. The van der Waals surface area contributed by atoms with Gasteiger partial charge in [0.2, 0.25) is 0 Å². The maximum Gasteiger partial charge on any atom is 0.387 e. The Labute approximate surface area is 131 Å². The number of ether oxygens (including phenoxy) is 1. The van der Waals surface area contributed by atoms with E-state index < -0.39 is 12.6 Å². The Hall–Kier alpha value is -2.96. The van der Waals surface area contributed by atoms with Gasteiger partial charge in [-0.2, -0.15) is 8.78 Å². The molecule has 0 unspecified atom stereocenters. The van der Waals surface area contributed by atoms with Crippen LogP contribution >= 0.6 is 0 Å². The summed E-state index contributed by atoms with van der Waals surface area (Å²) in [6, 6.07) is 11.5. The number of ketones is 1. The van der Waals surface area contributed by atoms with Gasteiger partial charge in [0.1, 0.15) is 5.75 Å². The maximum absolute atomic E-state index is 12.1. The van der Waals surface area contributed by atoms with E-state index in [0.29, 0.717) is 16.9 Å². The molecule has 0 aliphatic carbocycles. The molecule has 7 heteroatoms. The highest BCUT2D eigenvalue weighted by atomic mass is 19.3. The van der Waals surface area contributed by atoms with Gasteiger partial charge >= 0.3 is 12.6 Å². The van der Waals surface area contributed by atoms with E-state index in [-0.39, 0.29) is 11.5 Å². The van der Waals surface area contributed by atoms with Gasteiger partial charge in [-0.3, -0.25) is 4.79 Å². The lowest BCUT2D eigenvalue weighted by Crippen LogP contribution is -2.19. The van der Waals surface area contributed by atoms with E-state index in [9.17, 15) is 18.4 Å². The van der Waals surface area contributed by atoms with Gasteiger partial charge < -0.3 is 15.4 Å². The molecule has 5 nitrogen and oxygen atoms in total. The van der Waals surface area contributed by atoms with Crippen LogP contribution in [-0.2, 0) is 0 Å². The van der Waals surface area contributed by atoms with Crippen molar-refractivity contribution >= 4 is 23.2 Å². The number of hydrogen-bond acceptors (Lipinski definition) is 3. The first-order chi connectivity index (χ1) is 10.9. The summed E-state index contributed by atoms with van der Waals surface area (Å²) in [4.78, 5) is 23.0. The first-order valence-corrected chi connectivity index (χ1v) is 6.68. The van der Waals surface area contributed by atoms with Crippen molar-refractivity contribution in [1.29, 1.82) is 0 Å². The molecule has 0 bridgehead atoms. The number of benzene rings is 2. The second-order valence-corrected chi connectivity index (χ2v) is 4.62. The molecule has 0 spiro atoms. The number of amides is 2. The Morgan fingerprint density at radius 3 is 2.26 bits per heavy atom. The minimum atomic E-state index is -2.93. The predicted molar refractivity (Wildman–Crippen MR) is 82.2 cm³/mol. The van der Waals surface area contributed by atoms with Gasteiger partial charge in [0.25, 0.3) is 0 Å². The van der Waals surface area contributed by atoms with Gasteiger partial charge in [0, 0.05) is 23.0 Å². The van der Waals surface area contributed by atoms with Crippen LogP contribution in [0.15, 0.2) is 48.5 Å². The highest BCUT2D eigenvalue weighted by molar-refractivity contribution is 6.00. The molecule has 2 aromatic carbocycles. The predicted octanol–water partition coefficient (Wildman–Crippen LogP) is 4.13. The number of urea groups is 1. The molecule has 2 N–H and O–H groups in total. The van der Waals surface area contributed by atoms with Crippen LogP contribution in [0.2, 0.25) is 0 Å². The number of alkyl halides is 2. The van der Waals surface area contributed by atoms with Gasteiger partial charge in [0.05, 0.1) is 0 Å². The average molecular weight is 320 g/mol. The highest BCUT2D eigenvalue weighted by Gasteiger charge is 2.07. The number of rotatable bonds is 5. The van der Waals surface area contributed by atoms with E-state index in [2.05, 4.69) is 15.4 Å². The summed E-state index contributed by atoms with van der Waals surface area (Å²) < 4.78 is 28.5. The molecule has 0 aromatic heterocycles. The van der Waals surface area contributed by atoms with Crippen LogP contribution in [0.4, 0.5) is 25.0 Å². The van der Waals surface area contributed by atoms with Gasteiger partial charge in [0.15, 0.2) is 5.78 Å². The first kappa shape index (κ1) is 16.4. The summed E-state index contributed by atoms with van der Waals surface area (Å²) in [6.45, 7) is -1.48. The zero-order valence-electron chi connectivity index (χ0n) is 12.2. The average Bonchev–Trinajstić information content (AvgIpc) is 2.47. The van der Waals surface area contributed by atoms with Crippen LogP contribution in [0.1, 0.15) is 17.3 Å². The number of halogens is 2. The van der Waals surface area contributed by atoms with Crippen molar-refractivity contribution in [2.45, 2.75) is 13.5 Å². The summed E-state index contributed by atoms with van der Waals surface area (Å²) in [5, 5.41) is 5.07. The van der Waals surface area contributed by atoms with Gasteiger partial charge in [-0.1, -0.05) is 6.07 Å². The Morgan fingerprint density at radius 2 is 1.65 bits per heavy atom. The number of Topliss-reactive ketones (excluding diaryl/α,β-unsaturated/α-hetero) is 1. The van der Waals surface area contributed by atoms with Crippen LogP contribution < -0.4 is 15.4 Å². The normalized spacial score (nSPS) is 10.3. The molecule has 0 saturated carbocycles. The molecular weight excluding hydrogens is 306 g/mol.